The number of hydrogen-bond acceptors (Lipinski definition) is 15. The minimum absolute atomic E-state index is 0.107. The predicted molar refractivity (Wildman–Crippen MR) is 442 cm³/mol. The number of esters is 4. The van der Waals surface area contributed by atoms with Crippen LogP contribution < -0.4 is 0 Å². The van der Waals surface area contributed by atoms with Crippen molar-refractivity contribution in [2.75, 3.05) is 39.6 Å². The number of phosphoric acid groups is 2. The largest absolute Gasteiger partial charge is 0.472 e. The molecule has 636 valence electrons. The van der Waals surface area contributed by atoms with Gasteiger partial charge in [-0.1, -0.05) is 426 Å². The molecule has 5 atom stereocenters. The van der Waals surface area contributed by atoms with E-state index in [1.807, 2.05) is 0 Å². The third kappa shape index (κ3) is 81.9. The Labute approximate surface area is 658 Å². The van der Waals surface area contributed by atoms with Gasteiger partial charge in [0.25, 0.3) is 0 Å². The molecule has 0 spiro atoms. The topological polar surface area (TPSA) is 237 Å². The number of unbranched alkanes of at least 4 members (excludes halogenated alkanes) is 60. The van der Waals surface area contributed by atoms with Crippen molar-refractivity contribution in [1.82, 2.24) is 0 Å². The van der Waals surface area contributed by atoms with Crippen LogP contribution in [0.2, 0.25) is 0 Å². The molecule has 3 N–H and O–H groups in total. The molecule has 0 rings (SSSR count). The van der Waals surface area contributed by atoms with Gasteiger partial charge in [0.15, 0.2) is 12.2 Å². The first-order valence-electron chi connectivity index (χ1n) is 45.6. The summed E-state index contributed by atoms with van der Waals surface area (Å²) in [5, 5.41) is 10.7. The molecule has 0 aliphatic carbocycles. The Hall–Kier alpha value is -1.94. The third-order valence-electron chi connectivity index (χ3n) is 20.8. The van der Waals surface area contributed by atoms with Gasteiger partial charge in [0.2, 0.25) is 0 Å². The van der Waals surface area contributed by atoms with Crippen molar-refractivity contribution < 1.29 is 80.2 Å². The van der Waals surface area contributed by atoms with Crippen LogP contribution in [-0.4, -0.2) is 96.7 Å². The van der Waals surface area contributed by atoms with Crippen LogP contribution in [0.3, 0.4) is 0 Å². The summed E-state index contributed by atoms with van der Waals surface area (Å²) in [7, 11) is -9.93. The van der Waals surface area contributed by atoms with Crippen LogP contribution in [0.15, 0.2) is 0 Å². The Morgan fingerprint density at radius 1 is 0.252 bits per heavy atom. The fourth-order valence-electron chi connectivity index (χ4n) is 13.8. The van der Waals surface area contributed by atoms with E-state index in [1.54, 1.807) is 0 Å². The molecule has 0 saturated carbocycles. The van der Waals surface area contributed by atoms with E-state index in [2.05, 4.69) is 34.6 Å². The summed E-state index contributed by atoms with van der Waals surface area (Å²) >= 11 is 0. The lowest BCUT2D eigenvalue weighted by Crippen LogP contribution is -2.30. The molecule has 0 aromatic heterocycles. The van der Waals surface area contributed by atoms with E-state index in [0.717, 1.165) is 95.8 Å². The Morgan fingerprint density at radius 2 is 0.430 bits per heavy atom. The normalized spacial score (nSPS) is 13.7. The van der Waals surface area contributed by atoms with Gasteiger partial charge in [-0.25, -0.2) is 9.13 Å². The molecular formula is C88H172O17P2. The van der Waals surface area contributed by atoms with Gasteiger partial charge in [-0.3, -0.25) is 37.3 Å². The smallest absolute Gasteiger partial charge is 0.462 e. The maximum Gasteiger partial charge on any atom is 0.472 e. The fraction of sp³-hybridized carbons (Fsp3) is 0.955. The maximum absolute atomic E-state index is 13.2. The number of aliphatic hydroxyl groups is 1. The number of ether oxygens (including phenoxy) is 4. The van der Waals surface area contributed by atoms with Gasteiger partial charge in [-0.2, -0.15) is 0 Å². The van der Waals surface area contributed by atoms with E-state index in [0.29, 0.717) is 25.7 Å². The molecule has 0 amide bonds. The molecule has 0 saturated heterocycles. The van der Waals surface area contributed by atoms with E-state index in [-0.39, 0.29) is 25.7 Å². The highest BCUT2D eigenvalue weighted by atomic mass is 31.2. The zero-order valence-corrected chi connectivity index (χ0v) is 72.1. The Balaban J connectivity index is 5.24. The first-order valence-corrected chi connectivity index (χ1v) is 48.6. The van der Waals surface area contributed by atoms with Crippen molar-refractivity contribution in [3.05, 3.63) is 0 Å². The number of aliphatic hydroxyl groups excluding tert-OH is 1. The van der Waals surface area contributed by atoms with Gasteiger partial charge in [-0.15, -0.1) is 0 Å². The van der Waals surface area contributed by atoms with Crippen LogP contribution >= 0.6 is 15.6 Å². The lowest BCUT2D eigenvalue weighted by atomic mass is 10.0. The summed E-state index contributed by atoms with van der Waals surface area (Å²) in [5.74, 6) is -1.33. The Kier molecular flexibility index (Phi) is 79.2. The van der Waals surface area contributed by atoms with Gasteiger partial charge < -0.3 is 33.8 Å². The van der Waals surface area contributed by atoms with E-state index < -0.39 is 97.5 Å². The van der Waals surface area contributed by atoms with E-state index in [1.165, 1.54) is 302 Å². The molecule has 19 heteroatoms. The maximum atomic E-state index is 13.2. The number of carbonyl (C=O) groups excluding carboxylic acids is 4. The van der Waals surface area contributed by atoms with Crippen LogP contribution in [0, 0.1) is 5.92 Å². The van der Waals surface area contributed by atoms with Crippen molar-refractivity contribution in [1.29, 1.82) is 0 Å². The highest BCUT2D eigenvalue weighted by Crippen LogP contribution is 2.45. The molecule has 2 unspecified atom stereocenters. The monoisotopic (exact) mass is 1560 g/mol. The zero-order chi connectivity index (χ0) is 78.3. The van der Waals surface area contributed by atoms with Gasteiger partial charge in [-0.05, 0) is 31.6 Å². The second kappa shape index (κ2) is 80.7. The molecule has 0 radical (unpaired) electrons. The molecule has 0 aliphatic heterocycles. The Bertz CT molecular complexity index is 2030. The standard InChI is InChI=1S/C88H172O17P2/c1-6-9-12-15-18-21-24-27-29-31-33-34-35-36-38-40-43-48-53-58-63-68-73-87(92)104-83(77-99-86(91)72-67-62-57-52-47-42-39-37-32-30-28-25-22-19-16-13-10-7-2)79-102-106(94,95)100-75-82(89)76-101-107(96,97)103-80-84(78-98-85(90)71-66-61-56-51-46-41-26-23-20-17-14-11-8-3)105-88(93)74-69-64-59-54-49-44-45-50-55-60-65-70-81(4)5/h81-84,89H,6-80H2,1-5H3,(H,94,95)(H,96,97)/t82-,83-,84-/m1/s1. The van der Waals surface area contributed by atoms with Crippen LogP contribution in [-0.2, 0) is 65.4 Å². The van der Waals surface area contributed by atoms with Gasteiger partial charge in [0.05, 0.1) is 26.4 Å². The molecule has 0 heterocycles. The minimum atomic E-state index is -4.97. The molecule has 0 bridgehead atoms. The highest BCUT2D eigenvalue weighted by molar-refractivity contribution is 7.47. The summed E-state index contributed by atoms with van der Waals surface area (Å²) < 4.78 is 69.0. The first-order chi connectivity index (χ1) is 52.0. The van der Waals surface area contributed by atoms with E-state index >= 15 is 0 Å². The first kappa shape index (κ1) is 105. The average Bonchev–Trinajstić information content (AvgIpc) is 0.903. The molecule has 0 aliphatic rings. The SMILES string of the molecule is CCCCCCCCCCCCCCCCCCCCCCCCC(=O)O[C@H](COC(=O)CCCCCCCCCCCCCCCCCCCC)COP(=O)(O)OC[C@@H](O)COP(=O)(O)OC[C@@H](COC(=O)CCCCCCCCCCCCCCC)OC(=O)CCCCCCCCCCCCCC(C)C. The van der Waals surface area contributed by atoms with Gasteiger partial charge >= 0.3 is 39.5 Å². The lowest BCUT2D eigenvalue weighted by Gasteiger charge is -2.21. The van der Waals surface area contributed by atoms with Crippen molar-refractivity contribution in [3.63, 3.8) is 0 Å². The molecule has 17 nitrogen and oxygen atoms in total. The summed E-state index contributed by atoms with van der Waals surface area (Å²) in [6.07, 6.45) is 75.0. The number of rotatable bonds is 88. The van der Waals surface area contributed by atoms with Crippen LogP contribution in [0.4, 0.5) is 0 Å². The molecule has 0 aromatic rings. The van der Waals surface area contributed by atoms with Crippen molar-refractivity contribution in [2.45, 2.75) is 496 Å². The summed E-state index contributed by atoms with van der Waals surface area (Å²) in [6.45, 7) is 7.38. The predicted octanol–water partition coefficient (Wildman–Crippen LogP) is 27.2. The van der Waals surface area contributed by atoms with E-state index in [4.69, 9.17) is 37.0 Å². The quantitative estimate of drug-likeness (QED) is 0.0222. The van der Waals surface area contributed by atoms with Gasteiger partial charge in [0.1, 0.15) is 19.3 Å². The second-order valence-electron chi connectivity index (χ2n) is 32.1. The number of phosphoric ester groups is 2. The van der Waals surface area contributed by atoms with Crippen LogP contribution in [0.25, 0.3) is 0 Å². The number of carbonyl (C=O) groups is 4. The third-order valence-corrected chi connectivity index (χ3v) is 22.7. The molecule has 107 heavy (non-hydrogen) atoms. The van der Waals surface area contributed by atoms with Crippen molar-refractivity contribution in [2.24, 2.45) is 5.92 Å². The second-order valence-corrected chi connectivity index (χ2v) is 35.0. The zero-order valence-electron chi connectivity index (χ0n) is 70.3. The fourth-order valence-corrected chi connectivity index (χ4v) is 15.4. The lowest BCUT2D eigenvalue weighted by molar-refractivity contribution is -0.161. The Morgan fingerprint density at radius 3 is 0.636 bits per heavy atom. The van der Waals surface area contributed by atoms with Crippen molar-refractivity contribution in [3.8, 4) is 0 Å². The average molecular weight is 1560 g/mol. The van der Waals surface area contributed by atoms with Crippen LogP contribution in [0.5, 0.6) is 0 Å². The molecule has 0 aromatic carbocycles. The summed E-state index contributed by atoms with van der Waals surface area (Å²) in [5.41, 5.74) is 0. The van der Waals surface area contributed by atoms with Crippen molar-refractivity contribution >= 4 is 39.5 Å². The van der Waals surface area contributed by atoms with E-state index in [9.17, 15) is 43.2 Å². The molecular weight excluding hydrogens is 1390 g/mol. The van der Waals surface area contributed by atoms with Crippen LogP contribution in [0.1, 0.15) is 478 Å². The molecule has 0 fully saturated rings. The minimum Gasteiger partial charge on any atom is -0.462 e. The summed E-state index contributed by atoms with van der Waals surface area (Å²) in [6, 6.07) is 0. The highest BCUT2D eigenvalue weighted by Gasteiger charge is 2.30. The van der Waals surface area contributed by atoms with Gasteiger partial charge in [0, 0.05) is 25.7 Å². The number of hydrogen-bond donors (Lipinski definition) is 3. The summed E-state index contributed by atoms with van der Waals surface area (Å²) in [4.78, 5) is 73.3.